The van der Waals surface area contributed by atoms with Gasteiger partial charge in [0.05, 0.1) is 38.0 Å². The van der Waals surface area contributed by atoms with Crippen LogP contribution < -0.4 is 0 Å². The molecule has 3 aliphatic heterocycles. The quantitative estimate of drug-likeness (QED) is 0.478. The zero-order valence-corrected chi connectivity index (χ0v) is 9.53. The third kappa shape index (κ3) is 6.26. The Bertz CT molecular complexity index is 313. The lowest BCUT2D eigenvalue weighted by Crippen LogP contribution is -1.87. The number of esters is 3. The van der Waals surface area contributed by atoms with E-state index in [2.05, 4.69) is 14.2 Å². The molecule has 0 unspecified atom stereocenters. The topological polar surface area (TPSA) is 78.9 Å². The fraction of sp³-hybridized carbons (Fsp3) is 0.250. The summed E-state index contributed by atoms with van der Waals surface area (Å²) < 4.78 is 13.0. The molecule has 0 radical (unpaired) electrons. The molecule has 0 fully saturated rings. The highest BCUT2D eigenvalue weighted by Gasteiger charge is 2.01. The molecule has 3 rings (SSSR count). The van der Waals surface area contributed by atoms with E-state index in [1.54, 1.807) is 18.2 Å². The van der Waals surface area contributed by atoms with Crippen LogP contribution in [0.1, 0.15) is 19.3 Å². The van der Waals surface area contributed by atoms with Crippen molar-refractivity contribution >= 4 is 17.9 Å². The van der Waals surface area contributed by atoms with Gasteiger partial charge in [0, 0.05) is 0 Å². The minimum absolute atomic E-state index is 0.157. The van der Waals surface area contributed by atoms with Crippen LogP contribution in [-0.2, 0) is 28.6 Å². The molecule has 0 atom stereocenters. The molecule has 0 aliphatic carbocycles. The fourth-order valence-corrected chi connectivity index (χ4v) is 0.949. The van der Waals surface area contributed by atoms with Gasteiger partial charge in [0.2, 0.25) is 0 Å². The molecule has 0 bridgehead atoms. The predicted octanol–water partition coefficient (Wildman–Crippen LogP) is 1.34. The summed E-state index contributed by atoms with van der Waals surface area (Å²) in [5.41, 5.74) is 0. The number of carbonyl (C=O) groups excluding carboxylic acids is 3. The minimum atomic E-state index is -0.157. The highest BCUT2D eigenvalue weighted by atomic mass is 16.5. The molecule has 96 valence electrons. The van der Waals surface area contributed by atoms with Gasteiger partial charge in [-0.1, -0.05) is 0 Å². The summed E-state index contributed by atoms with van der Waals surface area (Å²) in [7, 11) is 0. The number of rotatable bonds is 0. The maximum atomic E-state index is 9.96. The summed E-state index contributed by atoms with van der Waals surface area (Å²) in [5.74, 6) is -0.472. The maximum Gasteiger partial charge on any atom is 0.314 e. The fourth-order valence-electron chi connectivity index (χ4n) is 0.949. The summed E-state index contributed by atoms with van der Waals surface area (Å²) in [6, 6.07) is 0. The van der Waals surface area contributed by atoms with Crippen LogP contribution in [0.2, 0.25) is 0 Å². The summed E-state index contributed by atoms with van der Waals surface area (Å²) in [4.78, 5) is 29.9. The second kappa shape index (κ2) is 7.83. The lowest BCUT2D eigenvalue weighted by Gasteiger charge is -1.78. The van der Waals surface area contributed by atoms with Gasteiger partial charge in [-0.25, -0.2) is 0 Å². The molecule has 0 amide bonds. The van der Waals surface area contributed by atoms with Crippen LogP contribution in [0.4, 0.5) is 0 Å². The van der Waals surface area contributed by atoms with Crippen LogP contribution in [0, 0.1) is 0 Å². The van der Waals surface area contributed by atoms with Crippen molar-refractivity contribution in [3.05, 3.63) is 37.0 Å². The molecule has 3 heterocycles. The third-order valence-electron chi connectivity index (χ3n) is 1.74. The molecule has 0 N–H and O–H groups in total. The Morgan fingerprint density at radius 2 is 0.889 bits per heavy atom. The zero-order valence-electron chi connectivity index (χ0n) is 9.53. The van der Waals surface area contributed by atoms with Gasteiger partial charge in [0.1, 0.15) is 0 Å². The first-order valence-corrected chi connectivity index (χ1v) is 5.22. The minimum Gasteiger partial charge on any atom is -0.435 e. The Morgan fingerprint density at radius 1 is 0.611 bits per heavy atom. The van der Waals surface area contributed by atoms with Crippen LogP contribution in [0.25, 0.3) is 0 Å². The molecule has 3 aliphatic rings. The van der Waals surface area contributed by atoms with Gasteiger partial charge in [-0.05, 0) is 18.2 Å². The number of cyclic esters (lactones) is 3. The molecular weight excluding hydrogens is 240 g/mol. The van der Waals surface area contributed by atoms with E-state index in [0.717, 1.165) is 0 Å². The second-order valence-electron chi connectivity index (χ2n) is 3.20. The predicted molar refractivity (Wildman–Crippen MR) is 59.5 cm³/mol. The molecule has 0 saturated heterocycles. The van der Waals surface area contributed by atoms with Gasteiger partial charge in [-0.2, -0.15) is 0 Å². The van der Waals surface area contributed by atoms with Crippen molar-refractivity contribution in [2.75, 3.05) is 0 Å². The molecule has 0 saturated carbocycles. The standard InChI is InChI=1S/3C4H4O2/c3*5-4-2-1-3-6-4/h3*1,3H,2H2. The van der Waals surface area contributed by atoms with Crippen molar-refractivity contribution in [2.24, 2.45) is 0 Å². The molecule has 0 aromatic rings. The number of hydrogen-bond donors (Lipinski definition) is 0. The van der Waals surface area contributed by atoms with Gasteiger partial charge in [0.15, 0.2) is 0 Å². The summed E-state index contributed by atoms with van der Waals surface area (Å²) >= 11 is 0. The van der Waals surface area contributed by atoms with E-state index < -0.39 is 0 Å². The summed E-state index contributed by atoms with van der Waals surface area (Å²) in [6.07, 6.45) is 10.6. The average molecular weight is 252 g/mol. The first-order valence-electron chi connectivity index (χ1n) is 5.22. The highest BCUT2D eigenvalue weighted by molar-refractivity contribution is 5.74. The van der Waals surface area contributed by atoms with E-state index in [-0.39, 0.29) is 17.9 Å². The molecular formula is C12H12O6. The molecule has 6 nitrogen and oxygen atoms in total. The van der Waals surface area contributed by atoms with Gasteiger partial charge < -0.3 is 14.2 Å². The van der Waals surface area contributed by atoms with Crippen molar-refractivity contribution in [2.45, 2.75) is 19.3 Å². The van der Waals surface area contributed by atoms with Gasteiger partial charge >= 0.3 is 17.9 Å². The van der Waals surface area contributed by atoms with E-state index in [4.69, 9.17) is 0 Å². The highest BCUT2D eigenvalue weighted by Crippen LogP contribution is 1.97. The number of carbonyl (C=O) groups is 3. The smallest absolute Gasteiger partial charge is 0.314 e. The molecule has 0 aromatic heterocycles. The monoisotopic (exact) mass is 252 g/mol. The largest absolute Gasteiger partial charge is 0.435 e. The third-order valence-corrected chi connectivity index (χ3v) is 1.74. The van der Waals surface area contributed by atoms with E-state index in [9.17, 15) is 14.4 Å². The SMILES string of the molecule is O=C1CC=CO1.O=C1CC=CO1.O=C1CC=CO1. The lowest BCUT2D eigenvalue weighted by atomic mass is 10.5. The van der Waals surface area contributed by atoms with Crippen molar-refractivity contribution < 1.29 is 28.6 Å². The molecule has 18 heavy (non-hydrogen) atoms. The first-order chi connectivity index (χ1) is 8.68. The Kier molecular flexibility index (Phi) is 5.96. The first kappa shape index (κ1) is 13.7. The Balaban J connectivity index is 0.000000135. The zero-order chi connectivity index (χ0) is 13.2. The lowest BCUT2D eigenvalue weighted by molar-refractivity contribution is -0.136. The number of hydrogen-bond acceptors (Lipinski definition) is 6. The van der Waals surface area contributed by atoms with Crippen LogP contribution in [0.3, 0.4) is 0 Å². The molecule has 6 heteroatoms. The van der Waals surface area contributed by atoms with E-state index in [0.29, 0.717) is 19.3 Å². The van der Waals surface area contributed by atoms with Crippen molar-refractivity contribution in [1.82, 2.24) is 0 Å². The Morgan fingerprint density at radius 3 is 0.944 bits per heavy atom. The molecule has 0 aromatic carbocycles. The molecule has 0 spiro atoms. The average Bonchev–Trinajstić information content (AvgIpc) is 3.05. The van der Waals surface area contributed by atoms with E-state index in [1.807, 2.05) is 0 Å². The normalized spacial score (nSPS) is 18.3. The van der Waals surface area contributed by atoms with Crippen LogP contribution >= 0.6 is 0 Å². The Labute approximate surface area is 104 Å². The summed E-state index contributed by atoms with van der Waals surface area (Å²) in [6.45, 7) is 0. The van der Waals surface area contributed by atoms with Crippen LogP contribution in [0.5, 0.6) is 0 Å². The van der Waals surface area contributed by atoms with Crippen molar-refractivity contribution in [3.63, 3.8) is 0 Å². The van der Waals surface area contributed by atoms with Crippen LogP contribution in [-0.4, -0.2) is 17.9 Å². The summed E-state index contributed by atoms with van der Waals surface area (Å²) in [5, 5.41) is 0. The second-order valence-corrected chi connectivity index (χ2v) is 3.20. The van der Waals surface area contributed by atoms with Crippen molar-refractivity contribution in [1.29, 1.82) is 0 Å². The Hall–Kier alpha value is -2.37. The van der Waals surface area contributed by atoms with Crippen LogP contribution in [0.15, 0.2) is 37.0 Å². The van der Waals surface area contributed by atoms with Gasteiger partial charge in [-0.15, -0.1) is 0 Å². The van der Waals surface area contributed by atoms with Crippen molar-refractivity contribution in [3.8, 4) is 0 Å². The maximum absolute atomic E-state index is 9.96. The van der Waals surface area contributed by atoms with E-state index >= 15 is 0 Å². The van der Waals surface area contributed by atoms with Gasteiger partial charge in [0.25, 0.3) is 0 Å². The number of ether oxygens (including phenoxy) is 3. The van der Waals surface area contributed by atoms with Gasteiger partial charge in [-0.3, -0.25) is 14.4 Å². The van der Waals surface area contributed by atoms with E-state index in [1.165, 1.54) is 18.8 Å².